The molecule has 0 bridgehead atoms. The molecule has 188 valence electrons. The number of nitrogens with one attached hydrogen (secondary N) is 2. The number of ether oxygens (including phenoxy) is 2. The van der Waals surface area contributed by atoms with Crippen molar-refractivity contribution in [3.8, 4) is 11.5 Å². The Morgan fingerprint density at radius 2 is 1.83 bits per heavy atom. The molecule has 1 aliphatic carbocycles. The monoisotopic (exact) mass is 476 g/mol. The van der Waals surface area contributed by atoms with Gasteiger partial charge in [-0.2, -0.15) is 0 Å². The highest BCUT2D eigenvalue weighted by Gasteiger charge is 2.20. The molecule has 3 aliphatic rings. The van der Waals surface area contributed by atoms with Crippen molar-refractivity contribution in [2.75, 3.05) is 58.8 Å². The second-order valence-electron chi connectivity index (χ2n) is 10.6. The Hall–Kier alpha value is -2.57. The minimum atomic E-state index is 0.584. The van der Waals surface area contributed by atoms with Crippen molar-refractivity contribution in [2.45, 2.75) is 39.0 Å². The number of piperidine rings is 2. The van der Waals surface area contributed by atoms with Gasteiger partial charge in [0.25, 0.3) is 0 Å². The van der Waals surface area contributed by atoms with Crippen LogP contribution in [0.4, 0.5) is 5.69 Å². The maximum atomic E-state index is 6.32. The zero-order chi connectivity index (χ0) is 24.2. The van der Waals surface area contributed by atoms with E-state index in [0.29, 0.717) is 11.8 Å². The van der Waals surface area contributed by atoms with E-state index >= 15 is 0 Å². The fourth-order valence-corrected chi connectivity index (χ4v) is 5.43. The molecule has 0 atom stereocenters. The van der Waals surface area contributed by atoms with Crippen LogP contribution in [-0.2, 0) is 0 Å². The highest BCUT2D eigenvalue weighted by molar-refractivity contribution is 5.95. The van der Waals surface area contributed by atoms with E-state index < -0.39 is 0 Å². The predicted molar refractivity (Wildman–Crippen MR) is 144 cm³/mol. The molecule has 1 aromatic heterocycles. The minimum absolute atomic E-state index is 0.584. The van der Waals surface area contributed by atoms with Crippen LogP contribution >= 0.6 is 0 Å². The third kappa shape index (κ3) is 5.81. The van der Waals surface area contributed by atoms with Crippen LogP contribution in [0.25, 0.3) is 16.5 Å². The Morgan fingerprint density at radius 1 is 1.03 bits per heavy atom. The fourth-order valence-electron chi connectivity index (χ4n) is 5.43. The Kier molecular flexibility index (Phi) is 7.59. The predicted octanol–water partition coefficient (Wildman–Crippen LogP) is 5.11. The van der Waals surface area contributed by atoms with E-state index in [2.05, 4.69) is 59.9 Å². The maximum Gasteiger partial charge on any atom is 0.163 e. The van der Waals surface area contributed by atoms with E-state index in [9.17, 15) is 0 Å². The van der Waals surface area contributed by atoms with E-state index in [4.69, 9.17) is 14.5 Å². The summed E-state index contributed by atoms with van der Waals surface area (Å²) >= 11 is 0. The van der Waals surface area contributed by atoms with Crippen LogP contribution in [0.1, 0.15) is 44.7 Å². The summed E-state index contributed by atoms with van der Waals surface area (Å²) in [5.41, 5.74) is 5.80. The van der Waals surface area contributed by atoms with E-state index in [-0.39, 0.29) is 0 Å². The summed E-state index contributed by atoms with van der Waals surface area (Å²) in [5, 5.41) is 8.32. The molecule has 0 amide bonds. The zero-order valence-corrected chi connectivity index (χ0v) is 21.5. The molecule has 0 spiro atoms. The normalized spacial score (nSPS) is 20.1. The number of aromatic nitrogens is 1. The lowest BCUT2D eigenvalue weighted by Gasteiger charge is -2.29. The molecule has 6 heteroatoms. The Morgan fingerprint density at radius 3 is 2.54 bits per heavy atom. The van der Waals surface area contributed by atoms with Crippen LogP contribution in [0.2, 0.25) is 0 Å². The van der Waals surface area contributed by atoms with Gasteiger partial charge in [0.05, 0.1) is 24.9 Å². The second-order valence-corrected chi connectivity index (χ2v) is 10.6. The van der Waals surface area contributed by atoms with Crippen LogP contribution in [0, 0.1) is 11.8 Å². The van der Waals surface area contributed by atoms with Crippen molar-refractivity contribution in [2.24, 2.45) is 11.8 Å². The Labute approximate surface area is 209 Å². The van der Waals surface area contributed by atoms with Gasteiger partial charge in [-0.1, -0.05) is 17.7 Å². The van der Waals surface area contributed by atoms with Crippen LogP contribution in [-0.4, -0.2) is 63.4 Å². The second kappa shape index (κ2) is 11.0. The molecule has 3 heterocycles. The fraction of sp³-hybridized carbons (Fsp3) is 0.552. The number of anilines is 1. The summed E-state index contributed by atoms with van der Waals surface area (Å²) in [6.45, 7) is 8.39. The first kappa shape index (κ1) is 24.1. The number of fused-ring (bicyclic) bond motifs is 1. The smallest absolute Gasteiger partial charge is 0.163 e. The van der Waals surface area contributed by atoms with Crippen molar-refractivity contribution in [3.05, 3.63) is 41.6 Å². The van der Waals surface area contributed by atoms with Crippen molar-refractivity contribution in [3.63, 3.8) is 0 Å². The van der Waals surface area contributed by atoms with Crippen molar-refractivity contribution >= 4 is 22.2 Å². The molecule has 2 aromatic rings. The van der Waals surface area contributed by atoms with Crippen LogP contribution in [0.5, 0.6) is 11.5 Å². The summed E-state index contributed by atoms with van der Waals surface area (Å²) in [6.07, 6.45) is 10.2. The van der Waals surface area contributed by atoms with Gasteiger partial charge in [-0.15, -0.1) is 0 Å². The molecule has 35 heavy (non-hydrogen) atoms. The quantitative estimate of drug-likeness (QED) is 0.552. The van der Waals surface area contributed by atoms with E-state index in [0.717, 1.165) is 79.3 Å². The number of likely N-dealkylation sites (tertiary alicyclic amines) is 1. The standard InChI is InChI=1S/C29H40N4O2/c1-20-4-5-23(14-20)25-16-26(31-18-21-8-12-33(2)13-9-21)24-15-28(34-3)29(17-27(24)32-25)35-19-22-6-10-30-11-7-22/h4-5,15-17,21-22,30H,6-14,18-19H2,1-3H3,(H,31,32). The van der Waals surface area contributed by atoms with Crippen LogP contribution < -0.4 is 20.1 Å². The van der Waals surface area contributed by atoms with Gasteiger partial charge >= 0.3 is 0 Å². The Balaban J connectivity index is 1.43. The third-order valence-electron chi connectivity index (χ3n) is 7.81. The Bertz CT molecular complexity index is 1100. The summed E-state index contributed by atoms with van der Waals surface area (Å²) in [6, 6.07) is 6.41. The molecule has 2 fully saturated rings. The van der Waals surface area contributed by atoms with Crippen molar-refractivity contribution < 1.29 is 9.47 Å². The first-order valence-electron chi connectivity index (χ1n) is 13.2. The summed E-state index contributed by atoms with van der Waals surface area (Å²) < 4.78 is 12.1. The van der Waals surface area contributed by atoms with E-state index in [1.807, 2.05) is 0 Å². The first-order chi connectivity index (χ1) is 17.1. The molecular weight excluding hydrogens is 436 g/mol. The van der Waals surface area contributed by atoms with Crippen LogP contribution in [0.3, 0.4) is 0 Å². The molecule has 0 radical (unpaired) electrons. The van der Waals surface area contributed by atoms with E-state index in [1.54, 1.807) is 7.11 Å². The minimum Gasteiger partial charge on any atom is -0.493 e. The number of benzene rings is 1. The molecule has 0 saturated carbocycles. The molecule has 2 saturated heterocycles. The molecule has 0 unspecified atom stereocenters. The van der Waals surface area contributed by atoms with E-state index in [1.165, 1.54) is 37.1 Å². The molecule has 6 nitrogen and oxygen atoms in total. The largest absolute Gasteiger partial charge is 0.493 e. The topological polar surface area (TPSA) is 58.7 Å². The molecule has 1 aromatic carbocycles. The number of allylic oxidation sites excluding steroid dienone is 4. The zero-order valence-electron chi connectivity index (χ0n) is 21.5. The number of pyridine rings is 1. The van der Waals surface area contributed by atoms with Crippen molar-refractivity contribution in [1.29, 1.82) is 0 Å². The van der Waals surface area contributed by atoms with Gasteiger partial charge in [0.15, 0.2) is 11.5 Å². The van der Waals surface area contributed by atoms with Gasteiger partial charge in [0.2, 0.25) is 0 Å². The number of methoxy groups -OCH3 is 1. The molecular formula is C29H40N4O2. The lowest BCUT2D eigenvalue weighted by molar-refractivity contribution is 0.208. The molecule has 2 N–H and O–H groups in total. The van der Waals surface area contributed by atoms with Crippen LogP contribution in [0.15, 0.2) is 35.9 Å². The van der Waals surface area contributed by atoms with Gasteiger partial charge in [-0.25, -0.2) is 4.98 Å². The summed E-state index contributed by atoms with van der Waals surface area (Å²) in [5.74, 6) is 2.85. The summed E-state index contributed by atoms with van der Waals surface area (Å²) in [4.78, 5) is 7.52. The lowest BCUT2D eigenvalue weighted by Crippen LogP contribution is -2.33. The summed E-state index contributed by atoms with van der Waals surface area (Å²) in [7, 11) is 3.94. The number of rotatable bonds is 8. The molecule has 5 rings (SSSR count). The SMILES string of the molecule is COc1cc2c(NCC3CCN(C)CC3)cc(C3=CC=C(C)C3)nc2cc1OCC1CCNCC1. The average molecular weight is 477 g/mol. The number of hydrogen-bond donors (Lipinski definition) is 2. The maximum absolute atomic E-state index is 6.32. The van der Waals surface area contributed by atoms with Crippen molar-refractivity contribution in [1.82, 2.24) is 15.2 Å². The number of nitrogens with zero attached hydrogens (tertiary/aromatic N) is 2. The van der Waals surface area contributed by atoms with Gasteiger partial charge in [0, 0.05) is 23.7 Å². The first-order valence-corrected chi connectivity index (χ1v) is 13.2. The van der Waals surface area contributed by atoms with Gasteiger partial charge < -0.3 is 25.0 Å². The lowest BCUT2D eigenvalue weighted by atomic mass is 9.97. The third-order valence-corrected chi connectivity index (χ3v) is 7.81. The van der Waals surface area contributed by atoms with Gasteiger partial charge in [0.1, 0.15) is 0 Å². The number of hydrogen-bond acceptors (Lipinski definition) is 6. The average Bonchev–Trinajstić information content (AvgIpc) is 3.33. The highest BCUT2D eigenvalue weighted by Crippen LogP contribution is 2.38. The van der Waals surface area contributed by atoms with Gasteiger partial charge in [-0.05, 0) is 102 Å². The molecule has 2 aliphatic heterocycles. The highest BCUT2D eigenvalue weighted by atomic mass is 16.5. The van der Waals surface area contributed by atoms with Gasteiger partial charge in [-0.3, -0.25) is 0 Å².